The fourth-order valence-corrected chi connectivity index (χ4v) is 4.39. The SMILES string of the molecule is O=C(/C=C/c1ccccc1Cl)N1CCN(c2nc3ccc([N+](=O)[O-])cc3s2)CC1. The van der Waals surface area contributed by atoms with Crippen molar-refractivity contribution in [3.05, 3.63) is 69.2 Å². The van der Waals surface area contributed by atoms with Crippen LogP contribution in [0.5, 0.6) is 0 Å². The van der Waals surface area contributed by atoms with E-state index in [2.05, 4.69) is 9.88 Å². The highest BCUT2D eigenvalue weighted by Crippen LogP contribution is 2.31. The van der Waals surface area contributed by atoms with Crippen molar-refractivity contribution in [2.75, 3.05) is 31.1 Å². The van der Waals surface area contributed by atoms with Gasteiger partial charge in [-0.3, -0.25) is 14.9 Å². The van der Waals surface area contributed by atoms with Crippen molar-refractivity contribution < 1.29 is 9.72 Å². The van der Waals surface area contributed by atoms with Crippen LogP contribution in [0.4, 0.5) is 10.8 Å². The molecular formula is C20H17ClN4O3S. The monoisotopic (exact) mass is 428 g/mol. The number of non-ortho nitro benzene ring substituents is 1. The third-order valence-electron chi connectivity index (χ3n) is 4.74. The van der Waals surface area contributed by atoms with Gasteiger partial charge < -0.3 is 9.80 Å². The number of nitro benzene ring substituents is 1. The maximum Gasteiger partial charge on any atom is 0.270 e. The summed E-state index contributed by atoms with van der Waals surface area (Å²) in [6, 6.07) is 12.1. The molecule has 1 aliphatic heterocycles. The van der Waals surface area contributed by atoms with Crippen LogP contribution in [-0.2, 0) is 4.79 Å². The Morgan fingerprint density at radius 3 is 2.66 bits per heavy atom. The molecule has 0 unspecified atom stereocenters. The number of carbonyl (C=O) groups is 1. The molecule has 1 amide bonds. The topological polar surface area (TPSA) is 79.6 Å². The Bertz CT molecular complexity index is 1110. The quantitative estimate of drug-likeness (QED) is 0.353. The molecule has 0 saturated carbocycles. The number of piperazine rings is 1. The smallest absolute Gasteiger partial charge is 0.270 e. The van der Waals surface area contributed by atoms with Gasteiger partial charge in [-0.1, -0.05) is 41.1 Å². The lowest BCUT2D eigenvalue weighted by atomic mass is 10.2. The molecule has 2 heterocycles. The summed E-state index contributed by atoms with van der Waals surface area (Å²) in [5, 5.41) is 12.4. The molecule has 9 heteroatoms. The van der Waals surface area contributed by atoms with E-state index < -0.39 is 4.92 Å². The van der Waals surface area contributed by atoms with Crippen LogP contribution in [0.2, 0.25) is 5.02 Å². The number of aromatic nitrogens is 1. The molecule has 0 atom stereocenters. The van der Waals surface area contributed by atoms with Crippen LogP contribution < -0.4 is 4.90 Å². The van der Waals surface area contributed by atoms with Gasteiger partial charge in [0.1, 0.15) is 0 Å². The molecule has 7 nitrogen and oxygen atoms in total. The average Bonchev–Trinajstić information content (AvgIpc) is 3.16. The Morgan fingerprint density at radius 1 is 1.17 bits per heavy atom. The number of halogens is 1. The van der Waals surface area contributed by atoms with Gasteiger partial charge in [0.2, 0.25) is 5.91 Å². The first-order valence-electron chi connectivity index (χ1n) is 9.03. The van der Waals surface area contributed by atoms with Crippen molar-refractivity contribution in [2.45, 2.75) is 0 Å². The van der Waals surface area contributed by atoms with E-state index in [4.69, 9.17) is 11.6 Å². The van der Waals surface area contributed by atoms with E-state index in [0.717, 1.165) is 20.9 Å². The van der Waals surface area contributed by atoms with E-state index >= 15 is 0 Å². The Kier molecular flexibility index (Phi) is 5.46. The largest absolute Gasteiger partial charge is 0.345 e. The standard InChI is InChI=1S/C20H17ClN4O3S/c21-16-4-2-1-3-14(16)5-8-19(26)23-9-11-24(12-10-23)20-22-17-7-6-15(25(27)28)13-18(17)29-20/h1-8,13H,9-12H2/b8-5+. The molecular weight excluding hydrogens is 412 g/mol. The van der Waals surface area contributed by atoms with E-state index in [1.54, 1.807) is 35.3 Å². The van der Waals surface area contributed by atoms with Crippen LogP contribution >= 0.6 is 22.9 Å². The summed E-state index contributed by atoms with van der Waals surface area (Å²) < 4.78 is 0.787. The lowest BCUT2D eigenvalue weighted by Crippen LogP contribution is -2.48. The first kappa shape index (κ1) is 19.4. The number of carbonyl (C=O) groups excluding carboxylic acids is 1. The minimum atomic E-state index is -0.403. The predicted octanol–water partition coefficient (Wildman–Crippen LogP) is 4.22. The zero-order chi connectivity index (χ0) is 20.4. The molecule has 1 fully saturated rings. The van der Waals surface area contributed by atoms with E-state index in [1.165, 1.54) is 17.4 Å². The van der Waals surface area contributed by atoms with Crippen molar-refractivity contribution in [3.8, 4) is 0 Å². The molecule has 0 bridgehead atoms. The normalized spacial score (nSPS) is 14.7. The fourth-order valence-electron chi connectivity index (χ4n) is 3.14. The number of hydrogen-bond donors (Lipinski definition) is 0. The maximum absolute atomic E-state index is 12.5. The summed E-state index contributed by atoms with van der Waals surface area (Å²) in [4.78, 5) is 31.5. The van der Waals surface area contributed by atoms with Crippen molar-refractivity contribution in [1.82, 2.24) is 9.88 Å². The number of fused-ring (bicyclic) bond motifs is 1. The first-order valence-corrected chi connectivity index (χ1v) is 10.2. The summed E-state index contributed by atoms with van der Waals surface area (Å²) in [6.07, 6.45) is 3.28. The van der Waals surface area contributed by atoms with Crippen LogP contribution in [0, 0.1) is 10.1 Å². The van der Waals surface area contributed by atoms with Gasteiger partial charge in [-0.2, -0.15) is 0 Å². The Balaban J connectivity index is 1.40. The summed E-state index contributed by atoms with van der Waals surface area (Å²) >= 11 is 7.55. The molecule has 0 spiro atoms. The molecule has 2 aromatic carbocycles. The number of benzene rings is 2. The van der Waals surface area contributed by atoms with Crippen molar-refractivity contribution in [1.29, 1.82) is 0 Å². The van der Waals surface area contributed by atoms with Gasteiger partial charge in [0.15, 0.2) is 5.13 Å². The summed E-state index contributed by atoms with van der Waals surface area (Å²) in [5.41, 5.74) is 1.62. The fraction of sp³-hybridized carbons (Fsp3) is 0.200. The van der Waals surface area contributed by atoms with Gasteiger partial charge in [0, 0.05) is 49.4 Å². The summed E-state index contributed by atoms with van der Waals surface area (Å²) in [6.45, 7) is 2.49. The maximum atomic E-state index is 12.5. The van der Waals surface area contributed by atoms with Crippen molar-refractivity contribution in [2.24, 2.45) is 0 Å². The van der Waals surface area contributed by atoms with Gasteiger partial charge in [0.05, 0.1) is 15.1 Å². The van der Waals surface area contributed by atoms with E-state index in [-0.39, 0.29) is 11.6 Å². The number of anilines is 1. The minimum Gasteiger partial charge on any atom is -0.345 e. The van der Waals surface area contributed by atoms with Gasteiger partial charge in [-0.25, -0.2) is 4.98 Å². The summed E-state index contributed by atoms with van der Waals surface area (Å²) in [5.74, 6) is -0.0514. The van der Waals surface area contributed by atoms with Gasteiger partial charge in [-0.15, -0.1) is 0 Å². The Hall–Kier alpha value is -2.97. The second-order valence-electron chi connectivity index (χ2n) is 6.57. The first-order chi connectivity index (χ1) is 14.0. The van der Waals surface area contributed by atoms with Crippen LogP contribution in [0.25, 0.3) is 16.3 Å². The second kappa shape index (κ2) is 8.18. The lowest BCUT2D eigenvalue weighted by molar-refractivity contribution is -0.384. The molecule has 1 saturated heterocycles. The van der Waals surface area contributed by atoms with E-state index in [1.807, 2.05) is 18.2 Å². The number of thiazole rings is 1. The average molecular weight is 429 g/mol. The lowest BCUT2D eigenvalue weighted by Gasteiger charge is -2.34. The number of nitrogens with zero attached hydrogens (tertiary/aromatic N) is 4. The van der Waals surface area contributed by atoms with E-state index in [9.17, 15) is 14.9 Å². The minimum absolute atomic E-state index is 0.0514. The zero-order valence-corrected chi connectivity index (χ0v) is 16.9. The van der Waals surface area contributed by atoms with Crippen LogP contribution in [-0.4, -0.2) is 46.9 Å². The number of rotatable bonds is 4. The highest BCUT2D eigenvalue weighted by atomic mass is 35.5. The molecule has 0 aliphatic carbocycles. The zero-order valence-electron chi connectivity index (χ0n) is 15.3. The number of amides is 1. The molecule has 4 rings (SSSR count). The van der Waals surface area contributed by atoms with Gasteiger partial charge in [0.25, 0.3) is 5.69 Å². The Labute approximate surface area is 176 Å². The van der Waals surface area contributed by atoms with Crippen molar-refractivity contribution in [3.63, 3.8) is 0 Å². The number of nitro groups is 1. The third-order valence-corrected chi connectivity index (χ3v) is 6.17. The Morgan fingerprint density at radius 2 is 1.93 bits per heavy atom. The summed E-state index contributed by atoms with van der Waals surface area (Å²) in [7, 11) is 0. The van der Waals surface area contributed by atoms with Crippen molar-refractivity contribution >= 4 is 56.0 Å². The molecule has 1 aliphatic rings. The van der Waals surface area contributed by atoms with Gasteiger partial charge >= 0.3 is 0 Å². The molecule has 0 N–H and O–H groups in total. The van der Waals surface area contributed by atoms with Crippen LogP contribution in [0.15, 0.2) is 48.5 Å². The molecule has 0 radical (unpaired) electrons. The van der Waals surface area contributed by atoms with Crippen LogP contribution in [0.1, 0.15) is 5.56 Å². The predicted molar refractivity (Wildman–Crippen MR) is 116 cm³/mol. The van der Waals surface area contributed by atoms with Crippen LogP contribution in [0.3, 0.4) is 0 Å². The van der Waals surface area contributed by atoms with Gasteiger partial charge in [-0.05, 0) is 23.8 Å². The van der Waals surface area contributed by atoms with E-state index in [0.29, 0.717) is 31.2 Å². The second-order valence-corrected chi connectivity index (χ2v) is 7.99. The molecule has 3 aromatic rings. The number of hydrogen-bond acceptors (Lipinski definition) is 6. The highest BCUT2D eigenvalue weighted by Gasteiger charge is 2.22. The highest BCUT2D eigenvalue weighted by molar-refractivity contribution is 7.22. The molecule has 29 heavy (non-hydrogen) atoms. The third kappa shape index (κ3) is 4.23. The molecule has 148 valence electrons. The molecule has 1 aromatic heterocycles.